The monoisotopic (exact) mass is 287 g/mol. The number of benzene rings is 1. The Balaban J connectivity index is 2.65. The molecule has 1 aromatic carbocycles. The molecule has 2 N–H and O–H groups in total. The summed E-state index contributed by atoms with van der Waals surface area (Å²) in [5, 5.41) is 15.5. The molecule has 0 aliphatic carbocycles. The highest BCUT2D eigenvalue weighted by Crippen LogP contribution is 2.24. The molecule has 0 saturated heterocycles. The molecule has 0 bridgehead atoms. The molecule has 8 heteroatoms. The fourth-order valence-corrected chi connectivity index (χ4v) is 1.53. The van der Waals surface area contributed by atoms with Crippen LogP contribution >= 0.6 is 0 Å². The predicted octanol–water partition coefficient (Wildman–Crippen LogP) is 2.20. The van der Waals surface area contributed by atoms with Crippen molar-refractivity contribution in [1.82, 2.24) is 5.32 Å². The van der Waals surface area contributed by atoms with E-state index in [0.717, 1.165) is 0 Å². The maximum atomic E-state index is 13.5. The van der Waals surface area contributed by atoms with Crippen LogP contribution in [0, 0.1) is 21.7 Å². The van der Waals surface area contributed by atoms with Crippen LogP contribution in [0.3, 0.4) is 0 Å². The predicted molar refractivity (Wildman–Crippen MR) is 69.4 cm³/mol. The van der Waals surface area contributed by atoms with Crippen LogP contribution in [0.15, 0.2) is 12.1 Å². The number of rotatable bonds is 6. The zero-order chi connectivity index (χ0) is 15.3. The van der Waals surface area contributed by atoms with E-state index in [2.05, 4.69) is 10.6 Å². The van der Waals surface area contributed by atoms with Gasteiger partial charge in [-0.2, -0.15) is 0 Å². The maximum absolute atomic E-state index is 13.5. The van der Waals surface area contributed by atoms with Gasteiger partial charge < -0.3 is 10.6 Å². The molecule has 0 unspecified atom stereocenters. The number of nitrogens with one attached hydrogen (secondary N) is 2. The first-order valence-electron chi connectivity index (χ1n) is 5.98. The smallest absolute Gasteiger partial charge is 0.275 e. The molecule has 1 amide bonds. The molecule has 0 aliphatic rings. The molecule has 6 nitrogen and oxygen atoms in total. The van der Waals surface area contributed by atoms with Gasteiger partial charge in [-0.05, 0) is 13.8 Å². The number of nitro groups is 1. The molecular formula is C12H15F2N3O3. The van der Waals surface area contributed by atoms with Crippen molar-refractivity contribution in [2.24, 2.45) is 0 Å². The van der Waals surface area contributed by atoms with E-state index < -0.39 is 27.9 Å². The fraction of sp³-hybridized carbons (Fsp3) is 0.417. The van der Waals surface area contributed by atoms with E-state index in [-0.39, 0.29) is 24.9 Å². The Morgan fingerprint density at radius 3 is 2.35 bits per heavy atom. The molecule has 110 valence electrons. The van der Waals surface area contributed by atoms with E-state index in [1.54, 1.807) is 13.8 Å². The number of halogens is 2. The van der Waals surface area contributed by atoms with Gasteiger partial charge in [0.2, 0.25) is 5.91 Å². The highest BCUT2D eigenvalue weighted by molar-refractivity contribution is 5.76. The van der Waals surface area contributed by atoms with Gasteiger partial charge >= 0.3 is 0 Å². The number of hydrogen-bond donors (Lipinski definition) is 2. The molecule has 0 saturated carbocycles. The van der Waals surface area contributed by atoms with E-state index in [0.29, 0.717) is 12.1 Å². The number of nitro benzene ring substituents is 1. The Bertz CT molecular complexity index is 498. The lowest BCUT2D eigenvalue weighted by atomic mass is 10.2. The van der Waals surface area contributed by atoms with Crippen LogP contribution in [-0.4, -0.2) is 23.4 Å². The summed E-state index contributed by atoms with van der Waals surface area (Å²) in [4.78, 5) is 20.9. The molecule has 0 radical (unpaired) electrons. The third-order valence-corrected chi connectivity index (χ3v) is 2.34. The normalized spacial score (nSPS) is 10.4. The molecule has 0 heterocycles. The van der Waals surface area contributed by atoms with Gasteiger partial charge in [-0.3, -0.25) is 14.9 Å². The van der Waals surface area contributed by atoms with Crippen molar-refractivity contribution in [3.63, 3.8) is 0 Å². The number of anilines is 1. The van der Waals surface area contributed by atoms with Gasteiger partial charge in [-0.15, -0.1) is 0 Å². The number of nitrogens with zero attached hydrogens (tertiary/aromatic N) is 1. The molecular weight excluding hydrogens is 272 g/mol. The summed E-state index contributed by atoms with van der Waals surface area (Å²) in [5.41, 5.74) is -1.14. The first-order valence-corrected chi connectivity index (χ1v) is 5.98. The van der Waals surface area contributed by atoms with Gasteiger partial charge in [0.25, 0.3) is 5.69 Å². The number of non-ortho nitro benzene ring substituents is 1. The van der Waals surface area contributed by atoms with E-state index >= 15 is 0 Å². The first-order chi connectivity index (χ1) is 9.31. The summed E-state index contributed by atoms with van der Waals surface area (Å²) in [6.07, 6.45) is 0.0358. The van der Waals surface area contributed by atoms with Crippen molar-refractivity contribution >= 4 is 17.3 Å². The molecule has 0 aromatic heterocycles. The average molecular weight is 287 g/mol. The maximum Gasteiger partial charge on any atom is 0.275 e. The minimum Gasteiger partial charge on any atom is -0.380 e. The topological polar surface area (TPSA) is 84.3 Å². The number of carbonyl (C=O) groups is 1. The average Bonchev–Trinajstić information content (AvgIpc) is 2.31. The highest BCUT2D eigenvalue weighted by atomic mass is 19.1. The molecule has 0 aliphatic heterocycles. The number of carbonyl (C=O) groups excluding carboxylic acids is 1. The number of hydrogen-bond acceptors (Lipinski definition) is 4. The standard InChI is InChI=1S/C12H15F2N3O3/c1-7(2)16-11(18)3-4-15-12-9(13)5-8(17(19)20)6-10(12)14/h5-7,15H,3-4H2,1-2H3,(H,16,18). The van der Waals surface area contributed by atoms with Gasteiger partial charge in [0, 0.05) is 19.0 Å². The minimum absolute atomic E-state index is 0.0181. The fourth-order valence-electron chi connectivity index (χ4n) is 1.53. The zero-order valence-electron chi connectivity index (χ0n) is 11.1. The summed E-state index contributed by atoms with van der Waals surface area (Å²) in [5.74, 6) is -2.39. The van der Waals surface area contributed by atoms with E-state index in [4.69, 9.17) is 0 Å². The van der Waals surface area contributed by atoms with Gasteiger partial charge in [0.05, 0.1) is 17.1 Å². The van der Waals surface area contributed by atoms with E-state index in [1.807, 2.05) is 0 Å². The number of amides is 1. The minimum atomic E-state index is -1.07. The quantitative estimate of drug-likeness (QED) is 0.620. The Morgan fingerprint density at radius 2 is 1.90 bits per heavy atom. The lowest BCUT2D eigenvalue weighted by molar-refractivity contribution is -0.385. The van der Waals surface area contributed by atoms with Crippen molar-refractivity contribution < 1.29 is 18.5 Å². The molecule has 0 fully saturated rings. The summed E-state index contributed by atoms with van der Waals surface area (Å²) in [6.45, 7) is 3.60. The van der Waals surface area contributed by atoms with Gasteiger partial charge in [0.1, 0.15) is 5.69 Å². The Labute approximate surface area is 114 Å². The summed E-state index contributed by atoms with van der Waals surface area (Å²) in [6, 6.07) is 1.23. The largest absolute Gasteiger partial charge is 0.380 e. The third kappa shape index (κ3) is 4.45. The zero-order valence-corrected chi connectivity index (χ0v) is 11.1. The summed E-state index contributed by atoms with van der Waals surface area (Å²) in [7, 11) is 0. The van der Waals surface area contributed by atoms with Crippen LogP contribution in [0.5, 0.6) is 0 Å². The molecule has 1 rings (SSSR count). The van der Waals surface area contributed by atoms with Crippen LogP contribution in [0.4, 0.5) is 20.2 Å². The Hall–Kier alpha value is -2.25. The van der Waals surface area contributed by atoms with Crippen LogP contribution in [0.2, 0.25) is 0 Å². The van der Waals surface area contributed by atoms with E-state index in [9.17, 15) is 23.7 Å². The Morgan fingerprint density at radius 1 is 1.35 bits per heavy atom. The lowest BCUT2D eigenvalue weighted by Crippen LogP contribution is -2.31. The molecule has 0 spiro atoms. The highest BCUT2D eigenvalue weighted by Gasteiger charge is 2.16. The van der Waals surface area contributed by atoms with Crippen LogP contribution in [0.1, 0.15) is 20.3 Å². The van der Waals surface area contributed by atoms with Gasteiger partial charge in [-0.1, -0.05) is 0 Å². The molecule has 1 aromatic rings. The second kappa shape index (κ2) is 6.78. The first kappa shape index (κ1) is 15.8. The Kier molecular flexibility index (Phi) is 5.36. The summed E-state index contributed by atoms with van der Waals surface area (Å²) >= 11 is 0. The van der Waals surface area contributed by atoms with Gasteiger partial charge in [-0.25, -0.2) is 8.78 Å². The second-order valence-electron chi connectivity index (χ2n) is 4.44. The van der Waals surface area contributed by atoms with E-state index in [1.165, 1.54) is 0 Å². The van der Waals surface area contributed by atoms with Crippen molar-refractivity contribution in [1.29, 1.82) is 0 Å². The second-order valence-corrected chi connectivity index (χ2v) is 4.44. The molecule has 0 atom stereocenters. The van der Waals surface area contributed by atoms with Gasteiger partial charge in [0.15, 0.2) is 11.6 Å². The van der Waals surface area contributed by atoms with Crippen LogP contribution in [0.25, 0.3) is 0 Å². The van der Waals surface area contributed by atoms with Crippen LogP contribution < -0.4 is 10.6 Å². The van der Waals surface area contributed by atoms with Crippen LogP contribution in [-0.2, 0) is 4.79 Å². The third-order valence-electron chi connectivity index (χ3n) is 2.34. The SMILES string of the molecule is CC(C)NC(=O)CCNc1c(F)cc([N+](=O)[O-])cc1F. The van der Waals surface area contributed by atoms with Crippen molar-refractivity contribution in [3.05, 3.63) is 33.9 Å². The summed E-state index contributed by atoms with van der Waals surface area (Å²) < 4.78 is 27.0. The van der Waals surface area contributed by atoms with Crippen molar-refractivity contribution in [3.8, 4) is 0 Å². The molecule has 20 heavy (non-hydrogen) atoms. The van der Waals surface area contributed by atoms with Crippen molar-refractivity contribution in [2.45, 2.75) is 26.3 Å². The lowest BCUT2D eigenvalue weighted by Gasteiger charge is -2.10. The van der Waals surface area contributed by atoms with Crippen molar-refractivity contribution in [2.75, 3.05) is 11.9 Å².